The Labute approximate surface area is 184 Å². The summed E-state index contributed by atoms with van der Waals surface area (Å²) in [4.78, 5) is 12.6. The van der Waals surface area contributed by atoms with Gasteiger partial charge in [-0.2, -0.15) is 5.10 Å². The van der Waals surface area contributed by atoms with Gasteiger partial charge in [0.2, 0.25) is 0 Å². The lowest BCUT2D eigenvalue weighted by Crippen LogP contribution is -2.32. The van der Waals surface area contributed by atoms with Crippen LogP contribution >= 0.6 is 0 Å². The second kappa shape index (κ2) is 9.86. The van der Waals surface area contributed by atoms with Crippen LogP contribution in [0.1, 0.15) is 60.0 Å². The summed E-state index contributed by atoms with van der Waals surface area (Å²) in [5, 5.41) is 10.1. The van der Waals surface area contributed by atoms with Gasteiger partial charge in [0.25, 0.3) is 5.91 Å². The summed E-state index contributed by atoms with van der Waals surface area (Å²) in [5.41, 5.74) is 3.91. The van der Waals surface area contributed by atoms with Crippen molar-refractivity contribution in [1.82, 2.24) is 10.3 Å². The molecule has 0 spiro atoms. The minimum absolute atomic E-state index is 0.0295. The maximum atomic E-state index is 12.6. The first-order chi connectivity index (χ1) is 15.2. The molecule has 6 nitrogen and oxygen atoms in total. The molecule has 164 valence electrons. The van der Waals surface area contributed by atoms with E-state index in [0.29, 0.717) is 24.1 Å². The number of hydrazone groups is 1. The first-order valence-electron chi connectivity index (χ1n) is 11.1. The molecule has 4 rings (SSSR count). The molecule has 1 aliphatic carbocycles. The van der Waals surface area contributed by atoms with Crippen molar-refractivity contribution in [2.45, 2.75) is 51.1 Å². The van der Waals surface area contributed by atoms with Gasteiger partial charge >= 0.3 is 0 Å². The highest BCUT2D eigenvalue weighted by molar-refractivity contribution is 6.01. The number of amides is 1. The topological polar surface area (TPSA) is 63.2 Å². The summed E-state index contributed by atoms with van der Waals surface area (Å²) in [7, 11) is 3.28. The fourth-order valence-corrected chi connectivity index (χ4v) is 4.39. The zero-order chi connectivity index (χ0) is 21.6. The number of rotatable bonds is 7. The number of benzene rings is 2. The van der Waals surface area contributed by atoms with Gasteiger partial charge in [0.1, 0.15) is 0 Å². The van der Waals surface area contributed by atoms with Gasteiger partial charge < -0.3 is 14.8 Å². The highest BCUT2D eigenvalue weighted by Gasteiger charge is 2.19. The first kappa shape index (κ1) is 21.2. The second-order valence-corrected chi connectivity index (χ2v) is 8.26. The van der Waals surface area contributed by atoms with Crippen LogP contribution in [0, 0.1) is 0 Å². The Hall–Kier alpha value is -3.02. The summed E-state index contributed by atoms with van der Waals surface area (Å²) in [6.07, 6.45) is 6.56. The lowest BCUT2D eigenvalue weighted by Gasteiger charge is -2.26. The highest BCUT2D eigenvalue weighted by Crippen LogP contribution is 2.29. The average molecular weight is 422 g/mol. The van der Waals surface area contributed by atoms with Crippen molar-refractivity contribution in [2.24, 2.45) is 5.10 Å². The number of ether oxygens (including phenoxy) is 2. The molecule has 0 bridgehead atoms. The second-order valence-electron chi connectivity index (χ2n) is 8.26. The lowest BCUT2D eigenvalue weighted by atomic mass is 10.0. The van der Waals surface area contributed by atoms with E-state index >= 15 is 0 Å². The van der Waals surface area contributed by atoms with E-state index in [2.05, 4.69) is 16.4 Å². The standard InChI is InChI=1S/C25H31N3O3/c1-30-23-13-12-19(16-24(23)31-2)22-11-6-14-28(27-22)17-18-7-5-8-20(15-18)25(29)26-21-9-3-4-10-21/h5,7-8,12-13,15-16,21H,3-4,6,9-11,14,17H2,1-2H3,(H,26,29). The van der Waals surface area contributed by atoms with Crippen LogP contribution in [0.4, 0.5) is 0 Å². The molecule has 1 fully saturated rings. The third-order valence-corrected chi connectivity index (χ3v) is 6.05. The van der Waals surface area contributed by atoms with Gasteiger partial charge in [-0.25, -0.2) is 0 Å². The van der Waals surface area contributed by atoms with E-state index in [9.17, 15) is 4.79 Å². The average Bonchev–Trinajstić information content (AvgIpc) is 3.32. The number of carbonyl (C=O) groups excluding carboxylic acids is 1. The first-order valence-corrected chi connectivity index (χ1v) is 11.1. The van der Waals surface area contributed by atoms with Crippen LogP contribution in [-0.4, -0.2) is 43.4 Å². The van der Waals surface area contributed by atoms with Crippen molar-refractivity contribution in [3.63, 3.8) is 0 Å². The van der Waals surface area contributed by atoms with Gasteiger partial charge in [0.15, 0.2) is 11.5 Å². The maximum Gasteiger partial charge on any atom is 0.251 e. The van der Waals surface area contributed by atoms with Crippen molar-refractivity contribution in [3.05, 3.63) is 59.2 Å². The number of carbonyl (C=O) groups is 1. The van der Waals surface area contributed by atoms with Crippen molar-refractivity contribution in [1.29, 1.82) is 0 Å². The van der Waals surface area contributed by atoms with Crippen LogP contribution < -0.4 is 14.8 Å². The molecule has 2 aromatic carbocycles. The van der Waals surface area contributed by atoms with Crippen LogP contribution in [0.25, 0.3) is 0 Å². The van der Waals surface area contributed by atoms with Gasteiger partial charge in [-0.1, -0.05) is 25.0 Å². The number of methoxy groups -OCH3 is 2. The molecule has 1 heterocycles. The van der Waals surface area contributed by atoms with Gasteiger partial charge in [0, 0.05) is 23.7 Å². The Bertz CT molecular complexity index is 951. The third-order valence-electron chi connectivity index (χ3n) is 6.05. The maximum absolute atomic E-state index is 12.6. The van der Waals surface area contributed by atoms with Crippen molar-refractivity contribution in [2.75, 3.05) is 20.8 Å². The molecule has 2 aromatic rings. The summed E-state index contributed by atoms with van der Waals surface area (Å²) in [6, 6.07) is 14.2. The van der Waals surface area contributed by atoms with E-state index in [1.54, 1.807) is 14.2 Å². The van der Waals surface area contributed by atoms with Crippen molar-refractivity contribution >= 4 is 11.6 Å². The molecule has 0 aromatic heterocycles. The molecule has 0 saturated heterocycles. The van der Waals surface area contributed by atoms with Gasteiger partial charge in [-0.05, 0) is 61.6 Å². The molecular weight excluding hydrogens is 390 g/mol. The highest BCUT2D eigenvalue weighted by atomic mass is 16.5. The van der Waals surface area contributed by atoms with Gasteiger partial charge in [-0.3, -0.25) is 9.80 Å². The molecule has 2 aliphatic rings. The summed E-state index contributed by atoms with van der Waals surface area (Å²) >= 11 is 0. The SMILES string of the molecule is COc1ccc(C2=NN(Cc3cccc(C(=O)NC4CCCC4)c3)CCC2)cc1OC. The molecule has 6 heteroatoms. The van der Waals surface area contributed by atoms with Crippen LogP contribution in [0.2, 0.25) is 0 Å². The Morgan fingerprint density at radius 3 is 2.65 bits per heavy atom. The van der Waals surface area contributed by atoms with Crippen molar-refractivity contribution < 1.29 is 14.3 Å². The molecular formula is C25H31N3O3. The zero-order valence-corrected chi connectivity index (χ0v) is 18.4. The Morgan fingerprint density at radius 2 is 1.87 bits per heavy atom. The zero-order valence-electron chi connectivity index (χ0n) is 18.4. The van der Waals surface area contributed by atoms with E-state index in [4.69, 9.17) is 14.6 Å². The summed E-state index contributed by atoms with van der Waals surface area (Å²) in [5.74, 6) is 1.45. The van der Waals surface area contributed by atoms with Gasteiger partial charge in [0.05, 0.1) is 26.5 Å². The normalized spacial score (nSPS) is 16.7. The van der Waals surface area contributed by atoms with Crippen molar-refractivity contribution in [3.8, 4) is 11.5 Å². The minimum Gasteiger partial charge on any atom is -0.493 e. The summed E-state index contributed by atoms with van der Waals surface area (Å²) < 4.78 is 10.8. The molecule has 1 N–H and O–H groups in total. The van der Waals surface area contributed by atoms with Gasteiger partial charge in [-0.15, -0.1) is 0 Å². The molecule has 31 heavy (non-hydrogen) atoms. The monoisotopic (exact) mass is 421 g/mol. The van der Waals surface area contributed by atoms with Crippen LogP contribution in [0.3, 0.4) is 0 Å². The number of hydrogen-bond acceptors (Lipinski definition) is 5. The van der Waals surface area contributed by atoms with Crippen LogP contribution in [0.5, 0.6) is 11.5 Å². The van der Waals surface area contributed by atoms with E-state index in [1.165, 1.54) is 12.8 Å². The van der Waals surface area contributed by atoms with E-state index in [0.717, 1.165) is 54.6 Å². The van der Waals surface area contributed by atoms with Crippen LogP contribution in [-0.2, 0) is 6.54 Å². The number of nitrogens with one attached hydrogen (secondary N) is 1. The molecule has 1 aliphatic heterocycles. The third kappa shape index (κ3) is 5.19. The predicted octanol–water partition coefficient (Wildman–Crippen LogP) is 4.38. The quantitative estimate of drug-likeness (QED) is 0.721. The fraction of sp³-hybridized carbons (Fsp3) is 0.440. The fourth-order valence-electron chi connectivity index (χ4n) is 4.39. The number of nitrogens with zero attached hydrogens (tertiary/aromatic N) is 2. The predicted molar refractivity (Wildman–Crippen MR) is 122 cm³/mol. The summed E-state index contributed by atoms with van der Waals surface area (Å²) in [6.45, 7) is 1.58. The Balaban J connectivity index is 1.46. The molecule has 0 unspecified atom stereocenters. The van der Waals surface area contributed by atoms with E-state index in [1.807, 2.05) is 36.4 Å². The smallest absolute Gasteiger partial charge is 0.251 e. The molecule has 0 radical (unpaired) electrons. The van der Waals surface area contributed by atoms with Crippen LogP contribution in [0.15, 0.2) is 47.6 Å². The largest absolute Gasteiger partial charge is 0.493 e. The van der Waals surface area contributed by atoms with E-state index < -0.39 is 0 Å². The van der Waals surface area contributed by atoms with E-state index in [-0.39, 0.29) is 5.91 Å². The Morgan fingerprint density at radius 1 is 1.06 bits per heavy atom. The minimum atomic E-state index is 0.0295. The molecule has 1 amide bonds. The lowest BCUT2D eigenvalue weighted by molar-refractivity contribution is 0.0937. The molecule has 0 atom stereocenters. The molecule has 1 saturated carbocycles. The Kier molecular flexibility index (Phi) is 6.75. The number of hydrogen-bond donors (Lipinski definition) is 1.